The minimum absolute atomic E-state index is 0.0172. The van der Waals surface area contributed by atoms with E-state index in [4.69, 9.17) is 16.0 Å². The Hall–Kier alpha value is -3.91. The molecule has 2 heterocycles. The summed E-state index contributed by atoms with van der Waals surface area (Å²) in [5.41, 5.74) is 0.497. The Bertz CT molecular complexity index is 1180. The van der Waals surface area contributed by atoms with Gasteiger partial charge in [-0.2, -0.15) is 0 Å². The molecule has 1 fully saturated rings. The van der Waals surface area contributed by atoms with E-state index in [-0.39, 0.29) is 23.6 Å². The van der Waals surface area contributed by atoms with Crippen LogP contribution in [0.1, 0.15) is 22.9 Å². The molecule has 0 spiro atoms. The molecule has 0 aliphatic carbocycles. The number of ketones is 1. The summed E-state index contributed by atoms with van der Waals surface area (Å²) in [6.45, 7) is -0.0172. The molecule has 1 N–H and O–H groups in total. The van der Waals surface area contributed by atoms with E-state index in [0.717, 1.165) is 0 Å². The Kier molecular flexibility index (Phi) is 5.31. The van der Waals surface area contributed by atoms with Gasteiger partial charge in [0.15, 0.2) is 0 Å². The number of non-ortho nitro benzene ring substituents is 1. The maximum Gasteiger partial charge on any atom is 0.296 e. The summed E-state index contributed by atoms with van der Waals surface area (Å²) in [5, 5.41) is 22.4. The zero-order valence-corrected chi connectivity index (χ0v) is 16.7. The molecule has 0 unspecified atom stereocenters. The zero-order valence-electron chi connectivity index (χ0n) is 15.9. The highest BCUT2D eigenvalue weighted by atomic mass is 35.5. The number of hydrogen-bond donors (Lipinski definition) is 1. The van der Waals surface area contributed by atoms with Crippen molar-refractivity contribution < 1.29 is 24.0 Å². The van der Waals surface area contributed by atoms with E-state index >= 15 is 0 Å². The average Bonchev–Trinajstić information content (AvgIpc) is 3.36. The minimum Gasteiger partial charge on any atom is -0.507 e. The Balaban J connectivity index is 1.85. The lowest BCUT2D eigenvalue weighted by molar-refractivity contribution is -0.384. The van der Waals surface area contributed by atoms with Crippen molar-refractivity contribution in [1.82, 2.24) is 4.90 Å². The Morgan fingerprint density at radius 2 is 1.77 bits per heavy atom. The number of benzene rings is 2. The third-order valence-corrected chi connectivity index (χ3v) is 5.24. The number of carbonyl (C=O) groups is 2. The van der Waals surface area contributed by atoms with Crippen LogP contribution in [0.25, 0.3) is 5.76 Å². The van der Waals surface area contributed by atoms with Crippen molar-refractivity contribution in [3.8, 4) is 0 Å². The molecular weight excluding hydrogens is 424 g/mol. The number of carbonyl (C=O) groups excluding carboxylic acids is 2. The second-order valence-corrected chi connectivity index (χ2v) is 7.30. The van der Waals surface area contributed by atoms with Gasteiger partial charge in [0.1, 0.15) is 11.5 Å². The Labute approximate surface area is 181 Å². The van der Waals surface area contributed by atoms with Gasteiger partial charge < -0.3 is 14.4 Å². The number of nitro benzene ring substituents is 1. The maximum absolute atomic E-state index is 12.9. The van der Waals surface area contributed by atoms with Crippen molar-refractivity contribution in [3.05, 3.63) is 105 Å². The van der Waals surface area contributed by atoms with Crippen LogP contribution in [0.5, 0.6) is 0 Å². The zero-order chi connectivity index (χ0) is 22.1. The van der Waals surface area contributed by atoms with Crippen molar-refractivity contribution in [3.63, 3.8) is 0 Å². The first-order chi connectivity index (χ1) is 14.9. The number of aliphatic hydroxyl groups is 1. The second-order valence-electron chi connectivity index (χ2n) is 6.86. The van der Waals surface area contributed by atoms with Crippen molar-refractivity contribution in [2.75, 3.05) is 0 Å². The van der Waals surface area contributed by atoms with E-state index in [1.54, 1.807) is 24.3 Å². The fourth-order valence-electron chi connectivity index (χ4n) is 3.50. The van der Waals surface area contributed by atoms with Crippen LogP contribution in [0, 0.1) is 10.1 Å². The summed E-state index contributed by atoms with van der Waals surface area (Å²) in [4.78, 5) is 37.5. The molecule has 9 heteroatoms. The number of nitro groups is 1. The standard InChI is InChI=1S/C22H15ClN2O6/c23-15-7-3-14(4-8-15)20(26)18-19(13-5-9-16(10-6-13)25(29)30)24(22(28)21(18)27)12-17-2-1-11-31-17/h1-11,19,26H,12H2/t19-/m1/s1. The Morgan fingerprint density at radius 3 is 2.35 bits per heavy atom. The molecule has 31 heavy (non-hydrogen) atoms. The largest absolute Gasteiger partial charge is 0.507 e. The van der Waals surface area contributed by atoms with Gasteiger partial charge in [-0.05, 0) is 54.1 Å². The first kappa shape index (κ1) is 20.4. The van der Waals surface area contributed by atoms with Crippen LogP contribution in [-0.4, -0.2) is 26.6 Å². The smallest absolute Gasteiger partial charge is 0.296 e. The molecule has 0 saturated carbocycles. The number of nitrogens with zero attached hydrogens (tertiary/aromatic N) is 2. The molecule has 3 aromatic rings. The van der Waals surface area contributed by atoms with Crippen molar-refractivity contribution in [1.29, 1.82) is 0 Å². The first-order valence-electron chi connectivity index (χ1n) is 9.18. The average molecular weight is 439 g/mol. The molecule has 1 atom stereocenters. The molecule has 4 rings (SSSR count). The quantitative estimate of drug-likeness (QED) is 0.207. The van der Waals surface area contributed by atoms with E-state index in [1.165, 1.54) is 47.6 Å². The van der Waals surface area contributed by atoms with Crippen LogP contribution in [-0.2, 0) is 16.1 Å². The van der Waals surface area contributed by atoms with Crippen molar-refractivity contribution in [2.24, 2.45) is 0 Å². The minimum atomic E-state index is -0.957. The highest BCUT2D eigenvalue weighted by Gasteiger charge is 2.46. The molecular formula is C22H15ClN2O6. The van der Waals surface area contributed by atoms with Gasteiger partial charge in [0, 0.05) is 22.7 Å². The summed E-state index contributed by atoms with van der Waals surface area (Å²) in [7, 11) is 0. The maximum atomic E-state index is 12.9. The molecule has 0 bridgehead atoms. The number of aliphatic hydroxyl groups excluding tert-OH is 1. The highest BCUT2D eigenvalue weighted by molar-refractivity contribution is 6.46. The lowest BCUT2D eigenvalue weighted by atomic mass is 9.95. The topological polar surface area (TPSA) is 114 Å². The summed E-state index contributed by atoms with van der Waals surface area (Å²) in [6.07, 6.45) is 1.44. The van der Waals surface area contributed by atoms with Gasteiger partial charge in [-0.3, -0.25) is 19.7 Å². The number of furan rings is 1. The highest BCUT2D eigenvalue weighted by Crippen LogP contribution is 2.40. The van der Waals surface area contributed by atoms with Crippen LogP contribution in [0.3, 0.4) is 0 Å². The van der Waals surface area contributed by atoms with Gasteiger partial charge in [-0.25, -0.2) is 0 Å². The fraction of sp³-hybridized carbons (Fsp3) is 0.0909. The number of hydrogen-bond acceptors (Lipinski definition) is 6. The van der Waals surface area contributed by atoms with E-state index in [1.807, 2.05) is 0 Å². The predicted octanol–water partition coefficient (Wildman–Crippen LogP) is 4.46. The van der Waals surface area contributed by atoms with E-state index in [0.29, 0.717) is 21.9 Å². The summed E-state index contributed by atoms with van der Waals surface area (Å²) in [5.74, 6) is -1.58. The van der Waals surface area contributed by atoms with Crippen LogP contribution in [0.15, 0.2) is 76.9 Å². The number of rotatable bonds is 5. The monoisotopic (exact) mass is 438 g/mol. The van der Waals surface area contributed by atoms with Crippen LogP contribution in [0.4, 0.5) is 5.69 Å². The molecule has 1 saturated heterocycles. The van der Waals surface area contributed by atoms with Crippen molar-refractivity contribution >= 4 is 34.7 Å². The van der Waals surface area contributed by atoms with E-state index in [9.17, 15) is 24.8 Å². The number of likely N-dealkylation sites (tertiary alicyclic amines) is 1. The predicted molar refractivity (Wildman–Crippen MR) is 111 cm³/mol. The molecule has 8 nitrogen and oxygen atoms in total. The van der Waals surface area contributed by atoms with E-state index < -0.39 is 22.7 Å². The molecule has 2 aromatic carbocycles. The van der Waals surface area contributed by atoms with Crippen molar-refractivity contribution in [2.45, 2.75) is 12.6 Å². The lowest BCUT2D eigenvalue weighted by Crippen LogP contribution is -2.29. The van der Waals surface area contributed by atoms with Gasteiger partial charge in [0.05, 0.1) is 29.3 Å². The van der Waals surface area contributed by atoms with Crippen LogP contribution < -0.4 is 0 Å². The van der Waals surface area contributed by atoms with Gasteiger partial charge >= 0.3 is 0 Å². The summed E-state index contributed by atoms with van der Waals surface area (Å²) >= 11 is 5.90. The molecule has 1 aromatic heterocycles. The molecule has 1 amide bonds. The third-order valence-electron chi connectivity index (χ3n) is 4.98. The van der Waals surface area contributed by atoms with Gasteiger partial charge in [-0.1, -0.05) is 11.6 Å². The van der Waals surface area contributed by atoms with E-state index in [2.05, 4.69) is 0 Å². The van der Waals surface area contributed by atoms with Gasteiger partial charge in [-0.15, -0.1) is 0 Å². The molecule has 0 radical (unpaired) electrons. The van der Waals surface area contributed by atoms with Crippen LogP contribution in [0.2, 0.25) is 5.02 Å². The molecule has 156 valence electrons. The first-order valence-corrected chi connectivity index (χ1v) is 9.55. The summed E-state index contributed by atoms with van der Waals surface area (Å²) in [6, 6.07) is 14.0. The van der Waals surface area contributed by atoms with Crippen LogP contribution >= 0.6 is 11.6 Å². The number of halogens is 1. The molecule has 1 aliphatic heterocycles. The molecule has 1 aliphatic rings. The lowest BCUT2D eigenvalue weighted by Gasteiger charge is -2.24. The number of Topliss-reactive ketones (excluding diaryl/α,β-unsaturated/α-hetero) is 1. The fourth-order valence-corrected chi connectivity index (χ4v) is 3.63. The van der Waals surface area contributed by atoms with Gasteiger partial charge in [0.25, 0.3) is 17.4 Å². The van der Waals surface area contributed by atoms with Gasteiger partial charge in [0.2, 0.25) is 0 Å². The Morgan fingerprint density at radius 1 is 1.10 bits per heavy atom. The normalized spacial score (nSPS) is 17.8. The summed E-state index contributed by atoms with van der Waals surface area (Å²) < 4.78 is 5.32. The second kappa shape index (κ2) is 8.08. The number of amides is 1. The third kappa shape index (κ3) is 3.80. The SMILES string of the molecule is O=C1C(=O)N(Cc2ccco2)[C@H](c2ccc([N+](=O)[O-])cc2)C1=C(O)c1ccc(Cl)cc1.